The van der Waals surface area contributed by atoms with Crippen LogP contribution >= 0.6 is 0 Å². The van der Waals surface area contributed by atoms with E-state index in [0.717, 1.165) is 12.1 Å². The number of aryl methyl sites for hydroxylation is 1. The number of oxazole rings is 1. The minimum atomic E-state index is -4.41. The fraction of sp³-hybridized carbons (Fsp3) is 0.333. The number of anilines is 1. The van der Waals surface area contributed by atoms with Gasteiger partial charge in [0.2, 0.25) is 5.89 Å². The Morgan fingerprint density at radius 3 is 2.54 bits per heavy atom. The smallest absolute Gasteiger partial charge is 0.416 e. The van der Waals surface area contributed by atoms with Gasteiger partial charge < -0.3 is 23.9 Å². The Kier molecular flexibility index (Phi) is 7.27. The van der Waals surface area contributed by atoms with Crippen molar-refractivity contribution < 1.29 is 32.0 Å². The van der Waals surface area contributed by atoms with Crippen molar-refractivity contribution in [2.24, 2.45) is 0 Å². The minimum Gasteiger partial charge on any atom is -0.616 e. The van der Waals surface area contributed by atoms with Gasteiger partial charge in [-0.3, -0.25) is 4.79 Å². The first-order valence-electron chi connectivity index (χ1n) is 10.9. The van der Waals surface area contributed by atoms with Crippen molar-refractivity contribution >= 4 is 22.8 Å². The van der Waals surface area contributed by atoms with E-state index in [1.54, 1.807) is 41.0 Å². The monoisotopic (exact) mass is 507 g/mol. The van der Waals surface area contributed by atoms with E-state index in [0.29, 0.717) is 48.9 Å². The third-order valence-corrected chi connectivity index (χ3v) is 6.94. The predicted molar refractivity (Wildman–Crippen MR) is 125 cm³/mol. The second kappa shape index (κ2) is 10.2. The number of phenolic OH excluding ortho intramolecular Hbond substituents is 1. The summed E-state index contributed by atoms with van der Waals surface area (Å²) in [6.45, 7) is 3.09. The van der Waals surface area contributed by atoms with Gasteiger partial charge in [0.05, 0.1) is 11.1 Å². The molecule has 7 nitrogen and oxygen atoms in total. The third-order valence-electron chi connectivity index (χ3n) is 5.78. The molecule has 0 radical (unpaired) electrons. The van der Waals surface area contributed by atoms with Gasteiger partial charge >= 0.3 is 6.18 Å². The van der Waals surface area contributed by atoms with Crippen molar-refractivity contribution in [1.82, 2.24) is 9.88 Å². The molecule has 0 spiro atoms. The fourth-order valence-electron chi connectivity index (χ4n) is 3.86. The van der Waals surface area contributed by atoms with E-state index < -0.39 is 22.9 Å². The van der Waals surface area contributed by atoms with Gasteiger partial charge in [0, 0.05) is 31.9 Å². The third kappa shape index (κ3) is 5.91. The molecule has 2 heterocycles. The van der Waals surface area contributed by atoms with Crippen LogP contribution in [0.4, 0.5) is 18.9 Å². The van der Waals surface area contributed by atoms with E-state index in [4.69, 9.17) is 4.42 Å². The predicted octanol–water partition coefficient (Wildman–Crippen LogP) is 3.97. The Morgan fingerprint density at radius 2 is 1.86 bits per heavy atom. The zero-order valence-electron chi connectivity index (χ0n) is 18.9. The van der Waals surface area contributed by atoms with Gasteiger partial charge in [-0.1, -0.05) is 18.2 Å². The summed E-state index contributed by atoms with van der Waals surface area (Å²) >= 11 is -1.53. The lowest BCUT2D eigenvalue weighted by Crippen LogP contribution is -2.50. The highest BCUT2D eigenvalue weighted by molar-refractivity contribution is 7.91. The number of hydrogen-bond acceptors (Lipinski definition) is 6. The number of aromatic nitrogens is 1. The molecule has 0 saturated carbocycles. The molecule has 0 aliphatic carbocycles. The lowest BCUT2D eigenvalue weighted by atomic mass is 10.1. The number of phenols is 1. The maximum atomic E-state index is 13.0. The second-order valence-electron chi connectivity index (χ2n) is 8.18. The van der Waals surface area contributed by atoms with Crippen LogP contribution in [0.25, 0.3) is 11.5 Å². The summed E-state index contributed by atoms with van der Waals surface area (Å²) in [5, 5.41) is 9.99. The number of para-hydroxylation sites is 1. The molecule has 1 amide bonds. The molecular weight excluding hydrogens is 483 g/mol. The van der Waals surface area contributed by atoms with Crippen LogP contribution in [0.15, 0.2) is 52.9 Å². The lowest BCUT2D eigenvalue weighted by molar-refractivity contribution is -0.137. The number of carbonyl (C=O) groups is 1. The lowest BCUT2D eigenvalue weighted by Gasteiger charge is -2.36. The van der Waals surface area contributed by atoms with Crippen LogP contribution in [0.5, 0.6) is 5.75 Å². The maximum Gasteiger partial charge on any atom is 0.416 e. The molecule has 1 unspecified atom stereocenters. The number of amides is 1. The summed E-state index contributed by atoms with van der Waals surface area (Å²) in [5.41, 5.74) is 0.612. The van der Waals surface area contributed by atoms with Gasteiger partial charge in [0.15, 0.2) is 11.5 Å². The average Bonchev–Trinajstić information content (AvgIpc) is 3.18. The summed E-state index contributed by atoms with van der Waals surface area (Å²) in [5.74, 6) is 0.235. The Labute approximate surface area is 203 Å². The van der Waals surface area contributed by atoms with E-state index in [1.807, 2.05) is 0 Å². The number of rotatable bonds is 6. The molecule has 1 aromatic heterocycles. The van der Waals surface area contributed by atoms with Gasteiger partial charge in [-0.15, -0.1) is 0 Å². The Hall–Kier alpha value is -3.18. The summed E-state index contributed by atoms with van der Waals surface area (Å²) < 4.78 is 57.2. The summed E-state index contributed by atoms with van der Waals surface area (Å²) in [6, 6.07) is 11.7. The molecule has 1 atom stereocenters. The van der Waals surface area contributed by atoms with E-state index >= 15 is 0 Å². The van der Waals surface area contributed by atoms with Gasteiger partial charge in [-0.25, -0.2) is 4.98 Å². The molecular formula is C24H24F3N3O4S. The average molecular weight is 508 g/mol. The molecule has 1 fully saturated rings. The number of halogens is 3. The first-order valence-corrected chi connectivity index (χ1v) is 12.4. The summed E-state index contributed by atoms with van der Waals surface area (Å²) in [4.78, 5) is 20.4. The first kappa shape index (κ1) is 24.9. The van der Waals surface area contributed by atoms with E-state index in [9.17, 15) is 27.6 Å². The topological polar surface area (TPSA) is 92.9 Å². The Balaban J connectivity index is 1.31. The number of carbonyl (C=O) groups excluding carboxylic acids is 1. The highest BCUT2D eigenvalue weighted by Gasteiger charge is 2.31. The van der Waals surface area contributed by atoms with Gasteiger partial charge in [-0.05, 0) is 48.4 Å². The summed E-state index contributed by atoms with van der Waals surface area (Å²) in [7, 11) is 0. The molecule has 1 saturated heterocycles. The standard InChI is InChI=1S/C24H24F3N3O4S/c1-16-20(28-23(34-16)19-7-2-3-8-21(19)31)14-35(33)15-22(32)30-11-9-29(10-12-30)18-6-4-5-17(13-18)24(25,26)27/h2-8,13,31H,9-12,14-15H2,1H3. The van der Waals surface area contributed by atoms with Crippen LogP contribution in [0, 0.1) is 6.92 Å². The first-order chi connectivity index (χ1) is 16.6. The number of alkyl halides is 3. The van der Waals surface area contributed by atoms with Crippen molar-refractivity contribution in [1.29, 1.82) is 0 Å². The largest absolute Gasteiger partial charge is 0.616 e. The van der Waals surface area contributed by atoms with E-state index in [2.05, 4.69) is 4.98 Å². The van der Waals surface area contributed by atoms with E-state index in [-0.39, 0.29) is 29.1 Å². The normalized spacial score (nSPS) is 15.3. The van der Waals surface area contributed by atoms with Gasteiger partial charge in [0.1, 0.15) is 17.2 Å². The van der Waals surface area contributed by atoms with Crippen LogP contribution in [-0.2, 0) is 27.9 Å². The fourth-order valence-corrected chi connectivity index (χ4v) is 4.99. The van der Waals surface area contributed by atoms with Crippen LogP contribution in [0.1, 0.15) is 17.0 Å². The minimum absolute atomic E-state index is 0.0147. The molecule has 4 rings (SSSR count). The van der Waals surface area contributed by atoms with Crippen molar-refractivity contribution in [2.45, 2.75) is 18.9 Å². The zero-order valence-corrected chi connectivity index (χ0v) is 19.7. The maximum absolute atomic E-state index is 13.0. The highest BCUT2D eigenvalue weighted by Crippen LogP contribution is 2.32. The summed E-state index contributed by atoms with van der Waals surface area (Å²) in [6.07, 6.45) is -4.41. The zero-order chi connectivity index (χ0) is 25.2. The number of hydrogen-bond donors (Lipinski definition) is 1. The van der Waals surface area contributed by atoms with Gasteiger partial charge in [-0.2, -0.15) is 13.2 Å². The van der Waals surface area contributed by atoms with Crippen LogP contribution in [0.3, 0.4) is 0 Å². The molecule has 11 heteroatoms. The molecule has 1 aliphatic rings. The van der Waals surface area contributed by atoms with E-state index in [1.165, 1.54) is 12.1 Å². The molecule has 2 aromatic carbocycles. The number of aromatic hydroxyl groups is 1. The SMILES string of the molecule is Cc1oc(-c2ccccc2O)nc1C[S+]([O-])CC(=O)N1CCN(c2cccc(C(F)(F)F)c2)CC1. The molecule has 3 aromatic rings. The molecule has 1 N–H and O–H groups in total. The van der Waals surface area contributed by atoms with Crippen molar-refractivity contribution in [3.63, 3.8) is 0 Å². The molecule has 0 bridgehead atoms. The quantitative estimate of drug-likeness (QED) is 0.508. The number of benzene rings is 2. The van der Waals surface area contributed by atoms with Gasteiger partial charge in [0.25, 0.3) is 5.91 Å². The Bertz CT molecular complexity index is 1190. The van der Waals surface area contributed by atoms with Crippen LogP contribution in [0.2, 0.25) is 0 Å². The molecule has 35 heavy (non-hydrogen) atoms. The van der Waals surface area contributed by atoms with Crippen molar-refractivity contribution in [2.75, 3.05) is 36.8 Å². The van der Waals surface area contributed by atoms with Crippen molar-refractivity contribution in [3.8, 4) is 17.2 Å². The number of nitrogens with zero attached hydrogens (tertiary/aromatic N) is 3. The van der Waals surface area contributed by atoms with Crippen molar-refractivity contribution in [3.05, 3.63) is 65.5 Å². The van der Waals surface area contributed by atoms with Crippen LogP contribution < -0.4 is 4.90 Å². The Morgan fingerprint density at radius 1 is 1.14 bits per heavy atom. The van der Waals surface area contributed by atoms with Crippen LogP contribution in [-0.4, -0.2) is 57.4 Å². The second-order valence-corrected chi connectivity index (χ2v) is 9.64. The molecule has 186 valence electrons. The highest BCUT2D eigenvalue weighted by atomic mass is 32.2. The number of piperazine rings is 1. The molecule has 1 aliphatic heterocycles.